The lowest BCUT2D eigenvalue weighted by Crippen LogP contribution is -2.43. The highest BCUT2D eigenvalue weighted by Crippen LogP contribution is 2.42. The highest BCUT2D eigenvalue weighted by Gasteiger charge is 2.35. The minimum absolute atomic E-state index is 0.486. The summed E-state index contributed by atoms with van der Waals surface area (Å²) < 4.78 is 0.486. The van der Waals surface area contributed by atoms with Gasteiger partial charge in [0.15, 0.2) is 0 Å². The van der Waals surface area contributed by atoms with E-state index in [1.807, 2.05) is 36.2 Å². The molecule has 0 unspecified atom stereocenters. The van der Waals surface area contributed by atoms with Gasteiger partial charge < -0.3 is 5.32 Å². The molecule has 0 saturated heterocycles. The van der Waals surface area contributed by atoms with E-state index in [1.54, 1.807) is 11.3 Å². The molecule has 0 bridgehead atoms. The van der Waals surface area contributed by atoms with E-state index in [-0.39, 0.29) is 0 Å². The predicted octanol–water partition coefficient (Wildman–Crippen LogP) is 3.58. The summed E-state index contributed by atoms with van der Waals surface area (Å²) in [5.74, 6) is 0. The molecule has 1 fully saturated rings. The summed E-state index contributed by atoms with van der Waals surface area (Å²) in [7, 11) is 0. The van der Waals surface area contributed by atoms with Crippen LogP contribution in [0.15, 0.2) is 29.8 Å². The summed E-state index contributed by atoms with van der Waals surface area (Å²) in [5.41, 5.74) is 2.08. The molecule has 0 aromatic carbocycles. The molecule has 1 N–H and O–H groups in total. The normalized spacial score (nSPS) is 16.9. The van der Waals surface area contributed by atoms with Gasteiger partial charge in [-0.25, -0.2) is 4.98 Å². The molecule has 5 heteroatoms. The van der Waals surface area contributed by atoms with Crippen molar-refractivity contribution >= 4 is 23.1 Å². The van der Waals surface area contributed by atoms with Crippen LogP contribution in [0.2, 0.25) is 0 Å². The zero-order chi connectivity index (χ0) is 13.8. The van der Waals surface area contributed by atoms with E-state index in [0.29, 0.717) is 4.75 Å². The monoisotopic (exact) mass is 305 g/mol. The Morgan fingerprint density at radius 3 is 2.95 bits per heavy atom. The van der Waals surface area contributed by atoms with Crippen LogP contribution in [0.3, 0.4) is 0 Å². The maximum Gasteiger partial charge on any atom is 0.142 e. The summed E-state index contributed by atoms with van der Waals surface area (Å²) in [6.45, 7) is 1.94. The Balaban J connectivity index is 1.55. The lowest BCUT2D eigenvalue weighted by Gasteiger charge is -2.40. The van der Waals surface area contributed by atoms with Gasteiger partial charge in [-0.3, -0.25) is 4.98 Å². The SMILES string of the molecule is CSC1(CNCc2csc(-c3ccccn3)n2)CCC1. The Bertz CT molecular complexity index is 544. The number of thioether (sulfide) groups is 1. The zero-order valence-corrected chi connectivity index (χ0v) is 13.3. The van der Waals surface area contributed by atoms with Crippen molar-refractivity contribution in [2.45, 2.75) is 30.6 Å². The van der Waals surface area contributed by atoms with Crippen molar-refractivity contribution in [1.29, 1.82) is 0 Å². The molecule has 1 aliphatic rings. The van der Waals surface area contributed by atoms with Crippen LogP contribution < -0.4 is 5.32 Å². The molecule has 2 aromatic heterocycles. The summed E-state index contributed by atoms with van der Waals surface area (Å²) in [4.78, 5) is 9.00. The van der Waals surface area contributed by atoms with Gasteiger partial charge >= 0.3 is 0 Å². The van der Waals surface area contributed by atoms with Crippen LogP contribution in [-0.4, -0.2) is 27.5 Å². The lowest BCUT2D eigenvalue weighted by molar-refractivity contribution is 0.345. The summed E-state index contributed by atoms with van der Waals surface area (Å²) in [6, 6.07) is 5.94. The van der Waals surface area contributed by atoms with Gasteiger partial charge in [0.2, 0.25) is 0 Å². The zero-order valence-electron chi connectivity index (χ0n) is 11.6. The second kappa shape index (κ2) is 6.24. The number of nitrogens with zero attached hydrogens (tertiary/aromatic N) is 2. The standard InChI is InChI=1S/C15H19N3S2/c1-19-15(6-4-7-15)11-16-9-12-10-20-14(18-12)13-5-2-3-8-17-13/h2-3,5,8,10,16H,4,6-7,9,11H2,1H3. The maximum atomic E-state index is 4.66. The molecule has 2 heterocycles. The Morgan fingerprint density at radius 1 is 1.40 bits per heavy atom. The first kappa shape index (κ1) is 14.0. The van der Waals surface area contributed by atoms with Crippen LogP contribution in [0.1, 0.15) is 25.0 Å². The summed E-state index contributed by atoms with van der Waals surface area (Å²) >= 11 is 3.67. The van der Waals surface area contributed by atoms with Gasteiger partial charge in [0.25, 0.3) is 0 Å². The van der Waals surface area contributed by atoms with Crippen LogP contribution in [0.25, 0.3) is 10.7 Å². The van der Waals surface area contributed by atoms with Gasteiger partial charge in [-0.2, -0.15) is 11.8 Å². The molecule has 0 aliphatic heterocycles. The fraction of sp³-hybridized carbons (Fsp3) is 0.467. The van der Waals surface area contributed by atoms with E-state index in [2.05, 4.69) is 26.9 Å². The molecule has 106 valence electrons. The average molecular weight is 305 g/mol. The van der Waals surface area contributed by atoms with Gasteiger partial charge in [0, 0.05) is 29.4 Å². The molecule has 3 rings (SSSR count). The number of thiazole rings is 1. The molecule has 0 spiro atoms. The number of rotatable bonds is 6. The van der Waals surface area contributed by atoms with E-state index in [1.165, 1.54) is 19.3 Å². The van der Waals surface area contributed by atoms with Crippen LogP contribution in [0, 0.1) is 0 Å². The maximum absolute atomic E-state index is 4.66. The highest BCUT2D eigenvalue weighted by atomic mass is 32.2. The first-order chi connectivity index (χ1) is 9.81. The minimum atomic E-state index is 0.486. The Morgan fingerprint density at radius 2 is 2.30 bits per heavy atom. The largest absolute Gasteiger partial charge is 0.310 e. The van der Waals surface area contributed by atoms with Crippen LogP contribution in [0.5, 0.6) is 0 Å². The molecule has 1 aliphatic carbocycles. The van der Waals surface area contributed by atoms with Crippen molar-refractivity contribution in [3.05, 3.63) is 35.5 Å². The van der Waals surface area contributed by atoms with Gasteiger partial charge in [-0.15, -0.1) is 11.3 Å². The van der Waals surface area contributed by atoms with Crippen LogP contribution in [0.4, 0.5) is 0 Å². The smallest absolute Gasteiger partial charge is 0.142 e. The molecular formula is C15H19N3S2. The van der Waals surface area contributed by atoms with Crippen LogP contribution in [-0.2, 0) is 6.54 Å². The van der Waals surface area contributed by atoms with Crippen molar-refractivity contribution in [3.63, 3.8) is 0 Å². The van der Waals surface area contributed by atoms with Gasteiger partial charge in [-0.05, 0) is 31.2 Å². The lowest BCUT2D eigenvalue weighted by atomic mass is 9.84. The van der Waals surface area contributed by atoms with E-state index < -0.39 is 0 Å². The van der Waals surface area contributed by atoms with Crippen molar-refractivity contribution in [1.82, 2.24) is 15.3 Å². The van der Waals surface area contributed by atoms with Crippen molar-refractivity contribution in [3.8, 4) is 10.7 Å². The summed E-state index contributed by atoms with van der Waals surface area (Å²) in [6.07, 6.45) is 8.11. The summed E-state index contributed by atoms with van der Waals surface area (Å²) in [5, 5.41) is 6.70. The first-order valence-corrected chi connectivity index (χ1v) is 9.03. The Hall–Kier alpha value is -0.910. The molecule has 1 saturated carbocycles. The third-order valence-electron chi connectivity index (χ3n) is 3.89. The molecule has 0 radical (unpaired) electrons. The second-order valence-electron chi connectivity index (χ2n) is 5.20. The fourth-order valence-electron chi connectivity index (χ4n) is 2.44. The molecule has 0 atom stereocenters. The fourth-order valence-corrected chi connectivity index (χ4v) is 4.18. The average Bonchev–Trinajstić information content (AvgIpc) is 2.92. The molecule has 0 amide bonds. The van der Waals surface area contributed by atoms with E-state index in [0.717, 1.165) is 29.5 Å². The Kier molecular flexibility index (Phi) is 4.38. The van der Waals surface area contributed by atoms with E-state index in [9.17, 15) is 0 Å². The van der Waals surface area contributed by atoms with Crippen molar-refractivity contribution in [2.75, 3.05) is 12.8 Å². The van der Waals surface area contributed by atoms with Crippen LogP contribution >= 0.6 is 23.1 Å². The molecule has 2 aromatic rings. The highest BCUT2D eigenvalue weighted by molar-refractivity contribution is 8.00. The quantitative estimate of drug-likeness (QED) is 0.885. The number of hydrogen-bond donors (Lipinski definition) is 1. The first-order valence-electron chi connectivity index (χ1n) is 6.93. The number of aromatic nitrogens is 2. The number of nitrogens with one attached hydrogen (secondary N) is 1. The van der Waals surface area contributed by atoms with Gasteiger partial charge in [0.05, 0.1) is 11.4 Å². The Labute approximate surface area is 128 Å². The topological polar surface area (TPSA) is 37.8 Å². The minimum Gasteiger partial charge on any atom is -0.310 e. The second-order valence-corrected chi connectivity index (χ2v) is 7.34. The number of pyridine rings is 1. The van der Waals surface area contributed by atoms with Gasteiger partial charge in [-0.1, -0.05) is 12.5 Å². The predicted molar refractivity (Wildman–Crippen MR) is 87.1 cm³/mol. The molecule has 20 heavy (non-hydrogen) atoms. The molecular weight excluding hydrogens is 286 g/mol. The van der Waals surface area contributed by atoms with Crippen molar-refractivity contribution in [2.24, 2.45) is 0 Å². The number of hydrogen-bond acceptors (Lipinski definition) is 5. The third-order valence-corrected chi connectivity index (χ3v) is 6.22. The van der Waals surface area contributed by atoms with Gasteiger partial charge in [0.1, 0.15) is 5.01 Å². The van der Waals surface area contributed by atoms with Crippen molar-refractivity contribution < 1.29 is 0 Å². The van der Waals surface area contributed by atoms with E-state index in [4.69, 9.17) is 0 Å². The van der Waals surface area contributed by atoms with E-state index >= 15 is 0 Å². The third kappa shape index (κ3) is 3.05. The molecule has 3 nitrogen and oxygen atoms in total.